The SMILES string of the molecule is CC/C=C\C/C=C\C/C=C\C/C=C\C/C=C\C/C=C\C/C=C\C/C=C\C/C=C\C/C=C\CCCCCCCCC(=O)OC(COC(=O)CCCCCC/C=C\C/C=C\C/C=C\C/C=C\CC)COP(=O)(O)OCCN. The maximum Gasteiger partial charge on any atom is 0.472 e. The Bertz CT molecular complexity index is 1820. The molecular formula is C65H102NO8P. The van der Waals surface area contributed by atoms with Crippen molar-refractivity contribution in [1.29, 1.82) is 0 Å². The minimum atomic E-state index is -4.41. The summed E-state index contributed by atoms with van der Waals surface area (Å²) in [6, 6.07) is 0. The molecule has 75 heavy (non-hydrogen) atoms. The van der Waals surface area contributed by atoms with Crippen LogP contribution in [0, 0.1) is 0 Å². The van der Waals surface area contributed by atoms with Gasteiger partial charge in [0.2, 0.25) is 0 Å². The van der Waals surface area contributed by atoms with Gasteiger partial charge >= 0.3 is 19.8 Å². The quantitative estimate of drug-likeness (QED) is 0.0264. The summed E-state index contributed by atoms with van der Waals surface area (Å²) < 4.78 is 32.9. The van der Waals surface area contributed by atoms with Crippen LogP contribution in [0.25, 0.3) is 0 Å². The highest BCUT2D eigenvalue weighted by atomic mass is 31.2. The Hall–Kier alpha value is -4.63. The van der Waals surface area contributed by atoms with Gasteiger partial charge in [-0.25, -0.2) is 4.57 Å². The number of phosphoric ester groups is 1. The molecule has 2 unspecified atom stereocenters. The summed E-state index contributed by atoms with van der Waals surface area (Å²) in [4.78, 5) is 35.1. The van der Waals surface area contributed by atoms with Crippen LogP contribution in [0.2, 0.25) is 0 Å². The third-order valence-electron chi connectivity index (χ3n) is 11.1. The van der Waals surface area contributed by atoms with Crippen LogP contribution < -0.4 is 5.73 Å². The molecule has 0 saturated carbocycles. The molecule has 0 aliphatic heterocycles. The van der Waals surface area contributed by atoms with Gasteiger partial charge in [-0.05, 0) is 128 Å². The number of allylic oxidation sites excluding steroid dienone is 28. The zero-order chi connectivity index (χ0) is 54.5. The van der Waals surface area contributed by atoms with Crippen molar-refractivity contribution in [2.75, 3.05) is 26.4 Å². The van der Waals surface area contributed by atoms with Crippen LogP contribution in [0.3, 0.4) is 0 Å². The first-order valence-electron chi connectivity index (χ1n) is 28.6. The molecule has 0 aromatic rings. The van der Waals surface area contributed by atoms with E-state index in [1.165, 1.54) is 0 Å². The molecule has 0 saturated heterocycles. The number of hydrogen-bond acceptors (Lipinski definition) is 8. The summed E-state index contributed by atoms with van der Waals surface area (Å²) in [6.07, 6.45) is 86.9. The molecule has 0 aromatic carbocycles. The van der Waals surface area contributed by atoms with E-state index >= 15 is 0 Å². The van der Waals surface area contributed by atoms with E-state index in [-0.39, 0.29) is 32.6 Å². The Balaban J connectivity index is 4.09. The molecule has 0 heterocycles. The van der Waals surface area contributed by atoms with Gasteiger partial charge in [0.05, 0.1) is 13.2 Å². The Kier molecular flexibility index (Phi) is 55.0. The smallest absolute Gasteiger partial charge is 0.462 e. The highest BCUT2D eigenvalue weighted by molar-refractivity contribution is 7.47. The lowest BCUT2D eigenvalue weighted by Crippen LogP contribution is -2.29. The molecule has 420 valence electrons. The number of esters is 2. The Morgan fingerprint density at radius 3 is 1.03 bits per heavy atom. The number of carbonyl (C=O) groups excluding carboxylic acids is 2. The second-order valence-corrected chi connectivity index (χ2v) is 19.5. The van der Waals surface area contributed by atoms with Crippen molar-refractivity contribution in [2.45, 2.75) is 200 Å². The predicted molar refractivity (Wildman–Crippen MR) is 320 cm³/mol. The molecule has 0 fully saturated rings. The van der Waals surface area contributed by atoms with Crippen LogP contribution in [-0.2, 0) is 32.7 Å². The van der Waals surface area contributed by atoms with Crippen LogP contribution in [0.4, 0.5) is 0 Å². The second-order valence-electron chi connectivity index (χ2n) is 18.0. The highest BCUT2D eigenvalue weighted by Gasteiger charge is 2.26. The minimum Gasteiger partial charge on any atom is -0.462 e. The highest BCUT2D eigenvalue weighted by Crippen LogP contribution is 2.43. The van der Waals surface area contributed by atoms with Gasteiger partial charge in [0, 0.05) is 19.4 Å². The van der Waals surface area contributed by atoms with Crippen LogP contribution in [-0.4, -0.2) is 49.3 Å². The molecule has 9 nitrogen and oxygen atoms in total. The van der Waals surface area contributed by atoms with E-state index in [4.69, 9.17) is 24.3 Å². The summed E-state index contributed by atoms with van der Waals surface area (Å²) in [7, 11) is -4.41. The third kappa shape index (κ3) is 58.5. The molecule has 10 heteroatoms. The number of nitrogens with two attached hydrogens (primary N) is 1. The first-order valence-corrected chi connectivity index (χ1v) is 30.1. The zero-order valence-electron chi connectivity index (χ0n) is 46.7. The summed E-state index contributed by atoms with van der Waals surface area (Å²) in [5.74, 6) is -0.889. The van der Waals surface area contributed by atoms with Gasteiger partial charge in [0.1, 0.15) is 6.61 Å². The van der Waals surface area contributed by atoms with Gasteiger partial charge in [0.15, 0.2) is 6.10 Å². The summed E-state index contributed by atoms with van der Waals surface area (Å²) in [6.45, 7) is 3.43. The Labute approximate surface area is 457 Å². The first kappa shape index (κ1) is 70.4. The van der Waals surface area contributed by atoms with Crippen LogP contribution in [0.15, 0.2) is 170 Å². The van der Waals surface area contributed by atoms with E-state index in [0.29, 0.717) is 12.8 Å². The van der Waals surface area contributed by atoms with Crippen LogP contribution in [0.5, 0.6) is 0 Å². The monoisotopic (exact) mass is 1060 g/mol. The fraction of sp³-hybridized carbons (Fsp3) is 0.538. The van der Waals surface area contributed by atoms with Gasteiger partial charge in [0.25, 0.3) is 0 Å². The van der Waals surface area contributed by atoms with E-state index in [1.54, 1.807) is 0 Å². The number of unbranched alkanes of at least 4 members (excludes halogenated alkanes) is 10. The first-order chi connectivity index (χ1) is 36.8. The standard InChI is InChI=1S/C65H102NO8P/c1-3-5-7-9-11-13-15-17-19-21-22-23-24-25-26-27-28-29-30-31-32-33-34-35-36-37-38-39-40-42-44-46-48-50-52-54-56-58-65(68)74-63(62-73-75(69,70)72-60-59-66)61-71-64(67)57-55-53-51-49-47-45-43-41-20-18-16-14-12-10-8-6-4-2/h5-8,11-14,17-20,22-23,25-26,28-29,31-32,34-35,37-38,40,42-43,45,63H,3-4,9-10,15-16,21,24,27,30,33,36,39,41,44,46-62,66H2,1-2H3,(H,69,70)/b7-5-,8-6-,13-11-,14-12-,19-17-,20-18-,23-22-,26-25-,29-28-,32-31-,35-34-,38-37-,42-40-,45-43-. The average Bonchev–Trinajstić information content (AvgIpc) is 3.40. The zero-order valence-corrected chi connectivity index (χ0v) is 47.6. The summed E-state index contributed by atoms with van der Waals surface area (Å²) in [5.41, 5.74) is 5.37. The molecule has 2 atom stereocenters. The number of rotatable bonds is 51. The molecule has 0 bridgehead atoms. The fourth-order valence-electron chi connectivity index (χ4n) is 6.95. The normalized spacial score (nSPS) is 14.3. The number of carbonyl (C=O) groups is 2. The maximum absolute atomic E-state index is 12.7. The van der Waals surface area contributed by atoms with Gasteiger partial charge < -0.3 is 20.1 Å². The molecule has 0 aliphatic rings. The van der Waals surface area contributed by atoms with Crippen molar-refractivity contribution in [3.63, 3.8) is 0 Å². The molecule has 0 spiro atoms. The van der Waals surface area contributed by atoms with Crippen molar-refractivity contribution < 1.29 is 37.6 Å². The molecule has 0 rings (SSSR count). The van der Waals surface area contributed by atoms with Gasteiger partial charge in [-0.3, -0.25) is 18.6 Å². The molecule has 0 aliphatic carbocycles. The topological polar surface area (TPSA) is 134 Å². The molecular weight excluding hydrogens is 954 g/mol. The van der Waals surface area contributed by atoms with Crippen molar-refractivity contribution >= 4 is 19.8 Å². The minimum absolute atomic E-state index is 0.0373. The largest absolute Gasteiger partial charge is 0.472 e. The van der Waals surface area contributed by atoms with Crippen LogP contribution in [0.1, 0.15) is 194 Å². The van der Waals surface area contributed by atoms with Gasteiger partial charge in [-0.15, -0.1) is 0 Å². The van der Waals surface area contributed by atoms with E-state index in [0.717, 1.165) is 154 Å². The van der Waals surface area contributed by atoms with Crippen molar-refractivity contribution in [3.8, 4) is 0 Å². The number of ether oxygens (including phenoxy) is 2. The van der Waals surface area contributed by atoms with Crippen molar-refractivity contribution in [3.05, 3.63) is 170 Å². The Morgan fingerprint density at radius 2 is 0.693 bits per heavy atom. The maximum atomic E-state index is 12.7. The molecule has 0 amide bonds. The third-order valence-corrected chi connectivity index (χ3v) is 12.1. The number of phosphoric acid groups is 1. The average molecular weight is 1060 g/mol. The van der Waals surface area contributed by atoms with Gasteiger partial charge in [-0.1, -0.05) is 223 Å². The molecule has 0 aromatic heterocycles. The lowest BCUT2D eigenvalue weighted by Gasteiger charge is -2.19. The van der Waals surface area contributed by atoms with E-state index in [2.05, 4.69) is 184 Å². The van der Waals surface area contributed by atoms with E-state index in [9.17, 15) is 19.0 Å². The van der Waals surface area contributed by atoms with Crippen molar-refractivity contribution in [1.82, 2.24) is 0 Å². The van der Waals surface area contributed by atoms with Crippen molar-refractivity contribution in [2.24, 2.45) is 5.73 Å². The fourth-order valence-corrected chi connectivity index (χ4v) is 7.71. The summed E-state index contributed by atoms with van der Waals surface area (Å²) >= 11 is 0. The lowest BCUT2D eigenvalue weighted by molar-refractivity contribution is -0.161. The molecule has 0 radical (unpaired) electrons. The second kappa shape index (κ2) is 58.6. The summed E-state index contributed by atoms with van der Waals surface area (Å²) in [5, 5.41) is 0. The van der Waals surface area contributed by atoms with Gasteiger partial charge in [-0.2, -0.15) is 0 Å². The van der Waals surface area contributed by atoms with Crippen LogP contribution >= 0.6 is 7.82 Å². The van der Waals surface area contributed by atoms with E-state index < -0.39 is 32.5 Å². The van der Waals surface area contributed by atoms with E-state index in [1.807, 2.05) is 0 Å². The molecule has 3 N–H and O–H groups in total. The lowest BCUT2D eigenvalue weighted by atomic mass is 10.1. The predicted octanol–water partition coefficient (Wildman–Crippen LogP) is 18.3. The number of hydrogen-bond donors (Lipinski definition) is 2. The Morgan fingerprint density at radius 1 is 0.400 bits per heavy atom.